The van der Waals surface area contributed by atoms with Crippen LogP contribution < -0.4 is 9.80 Å². The zero-order valence-electron chi connectivity index (χ0n) is 20.1. The number of unbranched alkanes of at least 4 members (excludes halogenated alkanes) is 1. The summed E-state index contributed by atoms with van der Waals surface area (Å²) in [6.45, 7) is 9.63. The van der Waals surface area contributed by atoms with Gasteiger partial charge in [0.1, 0.15) is 5.69 Å². The predicted molar refractivity (Wildman–Crippen MR) is 134 cm³/mol. The molecule has 1 aliphatic heterocycles. The average molecular weight is 430 g/mol. The molecule has 0 radical (unpaired) electrons. The van der Waals surface area contributed by atoms with Crippen molar-refractivity contribution in [2.45, 2.75) is 65.7 Å². The summed E-state index contributed by atoms with van der Waals surface area (Å²) in [5, 5.41) is 0. The second-order valence-electron chi connectivity index (χ2n) is 8.84. The molecule has 5 heteroatoms. The number of hydrogen-bond donors (Lipinski definition) is 0. The molecule has 3 aromatic rings. The lowest BCUT2D eigenvalue weighted by molar-refractivity contribution is 0.641. The Morgan fingerprint density at radius 1 is 1.00 bits per heavy atom. The number of aromatic nitrogens is 3. The van der Waals surface area contributed by atoms with Crippen LogP contribution in [0.15, 0.2) is 42.7 Å². The fraction of sp³-hybridized carbons (Fsp3) is 0.444. The van der Waals surface area contributed by atoms with Crippen molar-refractivity contribution in [1.82, 2.24) is 15.0 Å². The first-order valence-corrected chi connectivity index (χ1v) is 12.0. The molecule has 2 aromatic heterocycles. The predicted octanol–water partition coefficient (Wildman–Crippen LogP) is 6.64. The van der Waals surface area contributed by atoms with Crippen LogP contribution in [0.25, 0.3) is 11.4 Å². The zero-order valence-corrected chi connectivity index (χ0v) is 20.1. The molecular formula is C27H35N5. The SMILES string of the molecule is CCCCc1cc(-c2ncc3c(n2)N(C)CN3c2ccccc2C(CC)CC)c(C)cn1. The lowest BCUT2D eigenvalue weighted by Gasteiger charge is -2.25. The van der Waals surface area contributed by atoms with Gasteiger partial charge in [-0.25, -0.2) is 9.97 Å². The normalized spacial score (nSPS) is 13.2. The minimum Gasteiger partial charge on any atom is -0.340 e. The van der Waals surface area contributed by atoms with Gasteiger partial charge in [-0.15, -0.1) is 0 Å². The van der Waals surface area contributed by atoms with Gasteiger partial charge in [0.05, 0.1) is 12.9 Å². The number of hydrogen-bond acceptors (Lipinski definition) is 5. The Morgan fingerprint density at radius 2 is 1.78 bits per heavy atom. The smallest absolute Gasteiger partial charge is 0.162 e. The van der Waals surface area contributed by atoms with E-state index in [1.807, 2.05) is 12.4 Å². The molecular weight excluding hydrogens is 394 g/mol. The van der Waals surface area contributed by atoms with E-state index in [-0.39, 0.29) is 0 Å². The van der Waals surface area contributed by atoms with Crippen molar-refractivity contribution in [3.8, 4) is 11.4 Å². The third-order valence-corrected chi connectivity index (χ3v) is 6.60. The van der Waals surface area contributed by atoms with Crippen molar-refractivity contribution in [2.24, 2.45) is 0 Å². The van der Waals surface area contributed by atoms with E-state index in [0.717, 1.165) is 66.5 Å². The van der Waals surface area contributed by atoms with Crippen molar-refractivity contribution >= 4 is 17.2 Å². The molecule has 168 valence electrons. The van der Waals surface area contributed by atoms with Crippen molar-refractivity contribution in [3.05, 3.63) is 59.5 Å². The monoisotopic (exact) mass is 429 g/mol. The van der Waals surface area contributed by atoms with E-state index < -0.39 is 0 Å². The highest BCUT2D eigenvalue weighted by atomic mass is 15.4. The van der Waals surface area contributed by atoms with Crippen LogP contribution in [0.5, 0.6) is 0 Å². The quantitative estimate of drug-likeness (QED) is 0.402. The van der Waals surface area contributed by atoms with Gasteiger partial charge >= 0.3 is 0 Å². The van der Waals surface area contributed by atoms with Crippen molar-refractivity contribution in [1.29, 1.82) is 0 Å². The Morgan fingerprint density at radius 3 is 2.53 bits per heavy atom. The first-order chi connectivity index (χ1) is 15.6. The maximum absolute atomic E-state index is 5.02. The second kappa shape index (κ2) is 9.68. The van der Waals surface area contributed by atoms with E-state index >= 15 is 0 Å². The standard InChI is InChI=1S/C27H35N5/c1-6-9-12-21-15-23(19(4)16-28-21)26-29-17-25-27(30-26)31(5)18-32(25)24-14-11-10-13-22(24)20(7-2)8-3/h10-11,13-17,20H,6-9,12,18H2,1-5H3. The highest BCUT2D eigenvalue weighted by Crippen LogP contribution is 2.42. The number of rotatable bonds is 8. The van der Waals surface area contributed by atoms with Crippen molar-refractivity contribution in [3.63, 3.8) is 0 Å². The minimum absolute atomic E-state index is 0.557. The van der Waals surface area contributed by atoms with E-state index in [2.05, 4.69) is 79.9 Å². The number of fused-ring (bicyclic) bond motifs is 1. The molecule has 4 rings (SSSR count). The minimum atomic E-state index is 0.557. The first-order valence-electron chi connectivity index (χ1n) is 12.0. The molecule has 0 spiro atoms. The molecule has 0 N–H and O–H groups in total. The Bertz CT molecular complexity index is 1070. The molecule has 0 amide bonds. The Hall–Kier alpha value is -2.95. The number of nitrogens with zero attached hydrogens (tertiary/aromatic N) is 5. The third-order valence-electron chi connectivity index (χ3n) is 6.60. The number of anilines is 3. The molecule has 0 saturated heterocycles. The van der Waals surface area contributed by atoms with Crippen LogP contribution in [0.1, 0.15) is 69.2 Å². The van der Waals surface area contributed by atoms with Gasteiger partial charge in [-0.2, -0.15) is 0 Å². The zero-order chi connectivity index (χ0) is 22.7. The molecule has 32 heavy (non-hydrogen) atoms. The van der Waals surface area contributed by atoms with Gasteiger partial charge in [0.2, 0.25) is 0 Å². The van der Waals surface area contributed by atoms with Gasteiger partial charge in [0.15, 0.2) is 11.6 Å². The van der Waals surface area contributed by atoms with Crippen LogP contribution >= 0.6 is 0 Å². The topological polar surface area (TPSA) is 45.2 Å². The van der Waals surface area contributed by atoms with Gasteiger partial charge in [-0.05, 0) is 61.8 Å². The van der Waals surface area contributed by atoms with Gasteiger partial charge in [0, 0.05) is 30.2 Å². The second-order valence-corrected chi connectivity index (χ2v) is 8.84. The molecule has 0 atom stereocenters. The van der Waals surface area contributed by atoms with E-state index in [1.54, 1.807) is 0 Å². The van der Waals surface area contributed by atoms with Crippen molar-refractivity contribution < 1.29 is 0 Å². The van der Waals surface area contributed by atoms with Crippen LogP contribution in [-0.4, -0.2) is 28.7 Å². The molecule has 0 fully saturated rings. The van der Waals surface area contributed by atoms with E-state index in [4.69, 9.17) is 9.97 Å². The number of aryl methyl sites for hydroxylation is 2. The number of benzene rings is 1. The van der Waals surface area contributed by atoms with Crippen LogP contribution in [0, 0.1) is 6.92 Å². The Labute approximate surface area is 192 Å². The maximum Gasteiger partial charge on any atom is 0.162 e. The van der Waals surface area contributed by atoms with E-state index in [1.165, 1.54) is 17.7 Å². The van der Waals surface area contributed by atoms with E-state index in [9.17, 15) is 0 Å². The lowest BCUT2D eigenvalue weighted by Crippen LogP contribution is -2.25. The van der Waals surface area contributed by atoms with Crippen LogP contribution in [-0.2, 0) is 6.42 Å². The summed E-state index contributed by atoms with van der Waals surface area (Å²) in [7, 11) is 2.11. The number of pyridine rings is 1. The molecule has 5 nitrogen and oxygen atoms in total. The van der Waals surface area contributed by atoms with Crippen LogP contribution in [0.3, 0.4) is 0 Å². The maximum atomic E-state index is 5.02. The fourth-order valence-electron chi connectivity index (χ4n) is 4.64. The van der Waals surface area contributed by atoms with Crippen molar-refractivity contribution in [2.75, 3.05) is 23.5 Å². The summed E-state index contributed by atoms with van der Waals surface area (Å²) >= 11 is 0. The summed E-state index contributed by atoms with van der Waals surface area (Å²) in [4.78, 5) is 19.0. The van der Waals surface area contributed by atoms with Gasteiger partial charge in [-0.1, -0.05) is 45.4 Å². The molecule has 1 aliphatic rings. The van der Waals surface area contributed by atoms with Crippen LogP contribution in [0.2, 0.25) is 0 Å². The van der Waals surface area contributed by atoms with Gasteiger partial charge < -0.3 is 9.80 Å². The van der Waals surface area contributed by atoms with Gasteiger partial charge in [0.25, 0.3) is 0 Å². The van der Waals surface area contributed by atoms with Gasteiger partial charge in [-0.3, -0.25) is 4.98 Å². The largest absolute Gasteiger partial charge is 0.340 e. The molecule has 0 saturated carbocycles. The fourth-order valence-corrected chi connectivity index (χ4v) is 4.64. The number of para-hydroxylation sites is 1. The average Bonchev–Trinajstić information content (AvgIpc) is 3.15. The summed E-state index contributed by atoms with van der Waals surface area (Å²) in [5.74, 6) is 2.32. The summed E-state index contributed by atoms with van der Waals surface area (Å²) < 4.78 is 0. The molecule has 0 aliphatic carbocycles. The molecule has 0 unspecified atom stereocenters. The highest BCUT2D eigenvalue weighted by molar-refractivity contribution is 5.81. The molecule has 3 heterocycles. The Kier molecular flexibility index (Phi) is 6.73. The Balaban J connectivity index is 1.72. The van der Waals surface area contributed by atoms with E-state index in [0.29, 0.717) is 5.92 Å². The summed E-state index contributed by atoms with van der Waals surface area (Å²) in [6.07, 6.45) is 9.54. The van der Waals surface area contributed by atoms with Crippen LogP contribution in [0.4, 0.5) is 17.2 Å². The molecule has 1 aromatic carbocycles. The summed E-state index contributed by atoms with van der Waals surface area (Å²) in [6, 6.07) is 11.0. The first kappa shape index (κ1) is 22.3. The summed E-state index contributed by atoms with van der Waals surface area (Å²) in [5.41, 5.74) is 7.07. The lowest BCUT2D eigenvalue weighted by atomic mass is 9.92. The third kappa shape index (κ3) is 4.21. The molecule has 0 bridgehead atoms. The highest BCUT2D eigenvalue weighted by Gasteiger charge is 2.29.